The molecule has 0 amide bonds. The predicted molar refractivity (Wildman–Crippen MR) is 71.2 cm³/mol. The van der Waals surface area contributed by atoms with Crippen molar-refractivity contribution < 1.29 is 9.84 Å². The average Bonchev–Trinajstić information content (AvgIpc) is 2.26. The lowest BCUT2D eigenvalue weighted by Crippen LogP contribution is -2.33. The maximum atomic E-state index is 10.1. The van der Waals surface area contributed by atoms with Gasteiger partial charge >= 0.3 is 0 Å². The molecule has 0 saturated heterocycles. The minimum atomic E-state index is -0.754. The Morgan fingerprint density at radius 2 is 2.22 bits per heavy atom. The first-order valence-corrected chi connectivity index (χ1v) is 6.05. The Morgan fingerprint density at radius 1 is 1.50 bits per heavy atom. The fourth-order valence-corrected chi connectivity index (χ4v) is 1.71. The van der Waals surface area contributed by atoms with E-state index in [0.29, 0.717) is 30.6 Å². The zero-order valence-corrected chi connectivity index (χ0v) is 11.2. The van der Waals surface area contributed by atoms with E-state index in [1.807, 2.05) is 6.92 Å². The van der Waals surface area contributed by atoms with E-state index >= 15 is 0 Å². The van der Waals surface area contributed by atoms with E-state index in [2.05, 4.69) is 15.3 Å². The van der Waals surface area contributed by atoms with Crippen LogP contribution in [0.1, 0.15) is 32.5 Å². The summed E-state index contributed by atoms with van der Waals surface area (Å²) in [5.41, 5.74) is 4.92. The molecule has 0 aliphatic heterocycles. The van der Waals surface area contributed by atoms with E-state index in [9.17, 15) is 5.11 Å². The largest absolute Gasteiger partial charge is 0.388 e. The number of nitrogens with one attached hydrogen (secondary N) is 1. The summed E-state index contributed by atoms with van der Waals surface area (Å²) in [6.07, 6.45) is 1.65. The molecule has 6 heteroatoms. The average molecular weight is 254 g/mol. The lowest BCUT2D eigenvalue weighted by atomic mass is 10.0. The molecule has 0 aliphatic carbocycles. The Hall–Kier alpha value is -1.40. The number of anilines is 2. The maximum Gasteiger partial charge on any atom is 0.158 e. The number of hydrogen-bond acceptors (Lipinski definition) is 6. The van der Waals surface area contributed by atoms with Crippen molar-refractivity contribution in [1.82, 2.24) is 9.97 Å². The summed E-state index contributed by atoms with van der Waals surface area (Å²) in [6, 6.07) is 1.64. The Balaban J connectivity index is 2.66. The van der Waals surface area contributed by atoms with Gasteiger partial charge in [0, 0.05) is 19.7 Å². The van der Waals surface area contributed by atoms with Gasteiger partial charge in [-0.15, -0.1) is 0 Å². The van der Waals surface area contributed by atoms with Gasteiger partial charge in [-0.3, -0.25) is 0 Å². The third kappa shape index (κ3) is 4.85. The summed E-state index contributed by atoms with van der Waals surface area (Å²) in [4.78, 5) is 8.29. The first-order chi connectivity index (χ1) is 8.46. The zero-order chi connectivity index (χ0) is 13.6. The van der Waals surface area contributed by atoms with Crippen LogP contribution in [0.3, 0.4) is 0 Å². The predicted octanol–water partition coefficient (Wildman–Crippen LogP) is 1.17. The first kappa shape index (κ1) is 14.7. The number of nitrogens with two attached hydrogens (primary N) is 1. The van der Waals surface area contributed by atoms with Crippen LogP contribution >= 0.6 is 0 Å². The van der Waals surface area contributed by atoms with Gasteiger partial charge in [-0.25, -0.2) is 9.97 Å². The minimum absolute atomic E-state index is 0.311. The number of ether oxygens (including phenoxy) is 1. The van der Waals surface area contributed by atoms with E-state index in [1.54, 1.807) is 20.1 Å². The molecule has 1 atom stereocenters. The van der Waals surface area contributed by atoms with Gasteiger partial charge in [0.2, 0.25) is 0 Å². The summed E-state index contributed by atoms with van der Waals surface area (Å²) in [5.74, 6) is 1.51. The lowest BCUT2D eigenvalue weighted by Gasteiger charge is -2.23. The fourth-order valence-electron chi connectivity index (χ4n) is 1.71. The molecule has 0 radical (unpaired) electrons. The molecular weight excluding hydrogens is 232 g/mol. The van der Waals surface area contributed by atoms with Gasteiger partial charge in [-0.05, 0) is 13.3 Å². The molecule has 0 spiro atoms. The van der Waals surface area contributed by atoms with Gasteiger partial charge in [0.1, 0.15) is 18.2 Å². The molecule has 1 unspecified atom stereocenters. The highest BCUT2D eigenvalue weighted by molar-refractivity contribution is 5.44. The van der Waals surface area contributed by atoms with Crippen LogP contribution in [0, 0.1) is 0 Å². The standard InChI is InChI=1S/C12H22N4O2/c1-4-5-12(2,17)8-14-10-6-9(13)15-11(16-10)7-18-3/h6,17H,4-5,7-8H2,1-3H3,(H3,13,14,15,16). The Morgan fingerprint density at radius 3 is 2.83 bits per heavy atom. The molecule has 0 bridgehead atoms. The van der Waals surface area contributed by atoms with Gasteiger partial charge in [-0.2, -0.15) is 0 Å². The number of nitrogens with zero attached hydrogens (tertiary/aromatic N) is 2. The molecule has 102 valence electrons. The molecule has 6 nitrogen and oxygen atoms in total. The number of rotatable bonds is 7. The Bertz CT molecular complexity index is 382. The molecule has 4 N–H and O–H groups in total. The zero-order valence-electron chi connectivity index (χ0n) is 11.2. The fraction of sp³-hybridized carbons (Fsp3) is 0.667. The molecular formula is C12H22N4O2. The number of hydrogen-bond donors (Lipinski definition) is 3. The maximum absolute atomic E-state index is 10.1. The molecule has 1 aromatic rings. The second kappa shape index (κ2) is 6.51. The van der Waals surface area contributed by atoms with Crippen molar-refractivity contribution in [2.75, 3.05) is 24.7 Å². The Labute approximate surface area is 108 Å². The van der Waals surface area contributed by atoms with Gasteiger partial charge < -0.3 is 20.9 Å². The lowest BCUT2D eigenvalue weighted by molar-refractivity contribution is 0.0636. The van der Waals surface area contributed by atoms with Gasteiger partial charge in [0.05, 0.1) is 5.60 Å². The van der Waals surface area contributed by atoms with Crippen LogP contribution in [0.2, 0.25) is 0 Å². The molecule has 0 aromatic carbocycles. The van der Waals surface area contributed by atoms with Crippen LogP contribution in [0.25, 0.3) is 0 Å². The van der Waals surface area contributed by atoms with E-state index in [0.717, 1.165) is 12.8 Å². The highest BCUT2D eigenvalue weighted by Crippen LogP contribution is 2.14. The first-order valence-electron chi connectivity index (χ1n) is 6.05. The van der Waals surface area contributed by atoms with Crippen molar-refractivity contribution in [3.05, 3.63) is 11.9 Å². The second-order valence-corrected chi connectivity index (χ2v) is 4.63. The highest BCUT2D eigenvalue weighted by Gasteiger charge is 2.18. The number of nitrogen functional groups attached to an aromatic ring is 1. The van der Waals surface area contributed by atoms with Gasteiger partial charge in [-0.1, -0.05) is 13.3 Å². The van der Waals surface area contributed by atoms with Crippen LogP contribution in [0.15, 0.2) is 6.07 Å². The summed E-state index contributed by atoms with van der Waals surface area (Å²) in [6.45, 7) is 4.56. The number of methoxy groups -OCH3 is 1. The van der Waals surface area contributed by atoms with Crippen molar-refractivity contribution >= 4 is 11.6 Å². The minimum Gasteiger partial charge on any atom is -0.388 e. The van der Waals surface area contributed by atoms with Crippen molar-refractivity contribution in [3.63, 3.8) is 0 Å². The third-order valence-electron chi connectivity index (χ3n) is 2.50. The van der Waals surface area contributed by atoms with Crippen LogP contribution in [-0.4, -0.2) is 34.3 Å². The van der Waals surface area contributed by atoms with Crippen molar-refractivity contribution in [2.45, 2.75) is 38.9 Å². The molecule has 1 aromatic heterocycles. The molecule has 0 fully saturated rings. The molecule has 18 heavy (non-hydrogen) atoms. The van der Waals surface area contributed by atoms with Gasteiger partial charge in [0.25, 0.3) is 0 Å². The van der Waals surface area contributed by atoms with Crippen molar-refractivity contribution in [3.8, 4) is 0 Å². The monoisotopic (exact) mass is 254 g/mol. The molecule has 1 heterocycles. The quantitative estimate of drug-likeness (QED) is 0.676. The van der Waals surface area contributed by atoms with Gasteiger partial charge in [0.15, 0.2) is 5.82 Å². The molecule has 0 saturated carbocycles. The summed E-state index contributed by atoms with van der Waals surface area (Å²) in [7, 11) is 1.58. The van der Waals surface area contributed by atoms with Crippen LogP contribution in [-0.2, 0) is 11.3 Å². The smallest absolute Gasteiger partial charge is 0.158 e. The van der Waals surface area contributed by atoms with Crippen molar-refractivity contribution in [1.29, 1.82) is 0 Å². The number of aromatic nitrogens is 2. The Kier molecular flexibility index (Phi) is 5.30. The van der Waals surface area contributed by atoms with E-state index in [1.165, 1.54) is 0 Å². The van der Waals surface area contributed by atoms with Crippen LogP contribution < -0.4 is 11.1 Å². The van der Waals surface area contributed by atoms with E-state index in [4.69, 9.17) is 10.5 Å². The number of aliphatic hydroxyl groups is 1. The van der Waals surface area contributed by atoms with E-state index < -0.39 is 5.60 Å². The topological polar surface area (TPSA) is 93.3 Å². The summed E-state index contributed by atoms with van der Waals surface area (Å²) >= 11 is 0. The van der Waals surface area contributed by atoms with Crippen molar-refractivity contribution in [2.24, 2.45) is 0 Å². The van der Waals surface area contributed by atoms with Crippen LogP contribution in [0.4, 0.5) is 11.6 Å². The molecule has 0 aliphatic rings. The SMILES string of the molecule is CCCC(C)(O)CNc1cc(N)nc(COC)n1. The highest BCUT2D eigenvalue weighted by atomic mass is 16.5. The molecule has 1 rings (SSSR count). The normalized spacial score (nSPS) is 14.2. The van der Waals surface area contributed by atoms with Crippen LogP contribution in [0.5, 0.6) is 0 Å². The van der Waals surface area contributed by atoms with E-state index in [-0.39, 0.29) is 0 Å². The second-order valence-electron chi connectivity index (χ2n) is 4.63. The summed E-state index contributed by atoms with van der Waals surface area (Å²) in [5, 5.41) is 13.1. The third-order valence-corrected chi connectivity index (χ3v) is 2.50. The summed E-state index contributed by atoms with van der Waals surface area (Å²) < 4.78 is 4.96.